The molecule has 1 amide bonds. The molecule has 8 nitrogen and oxygen atoms in total. The van der Waals surface area contributed by atoms with E-state index < -0.39 is 6.10 Å². The summed E-state index contributed by atoms with van der Waals surface area (Å²) >= 11 is 0. The molecule has 0 saturated carbocycles. The SMILES string of the molecule is CC(Oc1ccccc1)C(=O)N1CCN(c2ccnc(N3CCOCC3)n2)CC1. The van der Waals surface area contributed by atoms with Crippen LogP contribution < -0.4 is 14.5 Å². The second-order valence-corrected chi connectivity index (χ2v) is 7.20. The van der Waals surface area contributed by atoms with E-state index in [1.54, 1.807) is 13.1 Å². The Balaban J connectivity index is 1.32. The molecule has 0 aliphatic carbocycles. The Labute approximate surface area is 171 Å². The fourth-order valence-corrected chi connectivity index (χ4v) is 3.60. The molecule has 0 bridgehead atoms. The number of benzene rings is 1. The molecule has 154 valence electrons. The van der Waals surface area contributed by atoms with Crippen LogP contribution >= 0.6 is 0 Å². The van der Waals surface area contributed by atoms with Gasteiger partial charge in [-0.1, -0.05) is 18.2 Å². The smallest absolute Gasteiger partial charge is 0.263 e. The van der Waals surface area contributed by atoms with Gasteiger partial charge in [-0.15, -0.1) is 0 Å². The third kappa shape index (κ3) is 4.76. The van der Waals surface area contributed by atoms with Gasteiger partial charge >= 0.3 is 0 Å². The molecule has 2 aliphatic rings. The first-order chi connectivity index (χ1) is 14.2. The van der Waals surface area contributed by atoms with Gasteiger partial charge in [-0.2, -0.15) is 4.98 Å². The van der Waals surface area contributed by atoms with Crippen LogP contribution in [0, 0.1) is 0 Å². The predicted octanol–water partition coefficient (Wildman–Crippen LogP) is 1.43. The molecule has 0 spiro atoms. The Morgan fingerprint density at radius 2 is 1.72 bits per heavy atom. The summed E-state index contributed by atoms with van der Waals surface area (Å²) in [5.41, 5.74) is 0. The molecule has 0 N–H and O–H groups in total. The van der Waals surface area contributed by atoms with Crippen molar-refractivity contribution in [1.82, 2.24) is 14.9 Å². The van der Waals surface area contributed by atoms with Crippen molar-refractivity contribution in [2.75, 3.05) is 62.3 Å². The summed E-state index contributed by atoms with van der Waals surface area (Å²) in [5, 5.41) is 0. The molecule has 3 heterocycles. The molecule has 1 aromatic heterocycles. The van der Waals surface area contributed by atoms with Crippen LogP contribution in [0.2, 0.25) is 0 Å². The average molecular weight is 397 g/mol. The Kier molecular flexibility index (Phi) is 6.09. The standard InChI is InChI=1S/C21H27N5O3/c1-17(29-18-5-3-2-4-6-18)20(27)25-11-9-24(10-12-25)19-7-8-22-21(23-19)26-13-15-28-16-14-26/h2-8,17H,9-16H2,1H3. The zero-order valence-electron chi connectivity index (χ0n) is 16.7. The van der Waals surface area contributed by atoms with Gasteiger partial charge in [-0.25, -0.2) is 4.98 Å². The number of rotatable bonds is 5. The van der Waals surface area contributed by atoms with Crippen molar-refractivity contribution in [3.63, 3.8) is 0 Å². The molecular weight excluding hydrogens is 370 g/mol. The van der Waals surface area contributed by atoms with E-state index in [0.717, 1.165) is 37.9 Å². The molecule has 1 atom stereocenters. The number of hydrogen-bond donors (Lipinski definition) is 0. The van der Waals surface area contributed by atoms with E-state index in [4.69, 9.17) is 14.5 Å². The van der Waals surface area contributed by atoms with Gasteiger partial charge in [0.2, 0.25) is 5.95 Å². The van der Waals surface area contributed by atoms with Crippen LogP contribution in [0.1, 0.15) is 6.92 Å². The minimum Gasteiger partial charge on any atom is -0.481 e. The molecule has 1 unspecified atom stereocenters. The molecule has 2 saturated heterocycles. The van der Waals surface area contributed by atoms with Gasteiger partial charge in [0.15, 0.2) is 6.10 Å². The van der Waals surface area contributed by atoms with Crippen molar-refractivity contribution in [2.45, 2.75) is 13.0 Å². The predicted molar refractivity (Wildman–Crippen MR) is 110 cm³/mol. The first-order valence-corrected chi connectivity index (χ1v) is 10.1. The van der Waals surface area contributed by atoms with Crippen LogP contribution in [0.15, 0.2) is 42.6 Å². The molecule has 29 heavy (non-hydrogen) atoms. The first-order valence-electron chi connectivity index (χ1n) is 10.1. The van der Waals surface area contributed by atoms with Crippen molar-refractivity contribution >= 4 is 17.7 Å². The van der Waals surface area contributed by atoms with Gasteiger partial charge in [0, 0.05) is 45.5 Å². The number of aromatic nitrogens is 2. The summed E-state index contributed by atoms with van der Waals surface area (Å²) < 4.78 is 11.2. The first kappa shape index (κ1) is 19.4. The van der Waals surface area contributed by atoms with Crippen molar-refractivity contribution in [3.05, 3.63) is 42.6 Å². The van der Waals surface area contributed by atoms with E-state index in [2.05, 4.69) is 14.8 Å². The molecule has 2 aromatic rings. The molecular formula is C21H27N5O3. The van der Waals surface area contributed by atoms with E-state index in [1.807, 2.05) is 41.3 Å². The van der Waals surface area contributed by atoms with Crippen LogP contribution in [0.25, 0.3) is 0 Å². The zero-order valence-corrected chi connectivity index (χ0v) is 16.7. The Hall–Kier alpha value is -2.87. The lowest BCUT2D eigenvalue weighted by molar-refractivity contribution is -0.138. The Morgan fingerprint density at radius 3 is 2.45 bits per heavy atom. The second-order valence-electron chi connectivity index (χ2n) is 7.20. The van der Waals surface area contributed by atoms with Gasteiger partial charge < -0.3 is 24.2 Å². The third-order valence-electron chi connectivity index (χ3n) is 5.24. The summed E-state index contributed by atoms with van der Waals surface area (Å²) in [6.07, 6.45) is 1.30. The molecule has 2 fully saturated rings. The van der Waals surface area contributed by atoms with Gasteiger partial charge in [0.25, 0.3) is 5.91 Å². The topological polar surface area (TPSA) is 71.0 Å². The summed E-state index contributed by atoms with van der Waals surface area (Å²) in [6.45, 7) is 7.62. The number of para-hydroxylation sites is 1. The highest BCUT2D eigenvalue weighted by atomic mass is 16.5. The fourth-order valence-electron chi connectivity index (χ4n) is 3.60. The third-order valence-corrected chi connectivity index (χ3v) is 5.24. The number of ether oxygens (including phenoxy) is 2. The number of piperazine rings is 1. The molecule has 0 radical (unpaired) electrons. The van der Waals surface area contributed by atoms with Crippen molar-refractivity contribution in [2.24, 2.45) is 0 Å². The van der Waals surface area contributed by atoms with Crippen molar-refractivity contribution < 1.29 is 14.3 Å². The number of hydrogen-bond acceptors (Lipinski definition) is 7. The van der Waals surface area contributed by atoms with Crippen LogP contribution in [0.5, 0.6) is 5.75 Å². The maximum Gasteiger partial charge on any atom is 0.263 e. The number of morpholine rings is 1. The second kappa shape index (κ2) is 9.09. The van der Waals surface area contributed by atoms with E-state index in [1.165, 1.54) is 0 Å². The normalized spacial score (nSPS) is 18.4. The lowest BCUT2D eigenvalue weighted by atomic mass is 10.2. The molecule has 1 aromatic carbocycles. The molecule has 2 aliphatic heterocycles. The highest BCUT2D eigenvalue weighted by Gasteiger charge is 2.27. The number of amides is 1. The van der Waals surface area contributed by atoms with Gasteiger partial charge in [-0.05, 0) is 25.1 Å². The summed E-state index contributed by atoms with van der Waals surface area (Å²) in [5.74, 6) is 2.38. The zero-order chi connectivity index (χ0) is 20.1. The highest BCUT2D eigenvalue weighted by molar-refractivity contribution is 5.81. The Morgan fingerprint density at radius 1 is 1.00 bits per heavy atom. The highest BCUT2D eigenvalue weighted by Crippen LogP contribution is 2.19. The van der Waals surface area contributed by atoms with Gasteiger partial charge in [0.05, 0.1) is 13.2 Å². The number of carbonyl (C=O) groups excluding carboxylic acids is 1. The number of carbonyl (C=O) groups is 1. The van der Waals surface area contributed by atoms with Gasteiger partial charge in [0.1, 0.15) is 11.6 Å². The van der Waals surface area contributed by atoms with Crippen molar-refractivity contribution in [3.8, 4) is 5.75 Å². The molecule has 4 rings (SSSR count). The minimum absolute atomic E-state index is 0.0187. The maximum atomic E-state index is 12.7. The molecule has 8 heteroatoms. The van der Waals surface area contributed by atoms with E-state index >= 15 is 0 Å². The van der Waals surface area contributed by atoms with E-state index in [0.29, 0.717) is 32.1 Å². The lowest BCUT2D eigenvalue weighted by Crippen LogP contribution is -2.52. The van der Waals surface area contributed by atoms with Crippen LogP contribution in [-0.2, 0) is 9.53 Å². The summed E-state index contributed by atoms with van der Waals surface area (Å²) in [6, 6.07) is 11.4. The largest absolute Gasteiger partial charge is 0.481 e. The van der Waals surface area contributed by atoms with Crippen LogP contribution in [0.3, 0.4) is 0 Å². The summed E-state index contributed by atoms with van der Waals surface area (Å²) in [4.78, 5) is 28.1. The lowest BCUT2D eigenvalue weighted by Gasteiger charge is -2.36. The van der Waals surface area contributed by atoms with Crippen molar-refractivity contribution in [1.29, 1.82) is 0 Å². The van der Waals surface area contributed by atoms with E-state index in [9.17, 15) is 4.79 Å². The minimum atomic E-state index is -0.504. The van der Waals surface area contributed by atoms with Gasteiger partial charge in [-0.3, -0.25) is 4.79 Å². The van der Waals surface area contributed by atoms with E-state index in [-0.39, 0.29) is 5.91 Å². The number of anilines is 2. The quantitative estimate of drug-likeness (QED) is 0.756. The monoisotopic (exact) mass is 397 g/mol. The van der Waals surface area contributed by atoms with Crippen LogP contribution in [-0.4, -0.2) is 79.4 Å². The Bertz CT molecular complexity index is 805. The average Bonchev–Trinajstić information content (AvgIpc) is 2.80. The number of nitrogens with zero attached hydrogens (tertiary/aromatic N) is 5. The fraction of sp³-hybridized carbons (Fsp3) is 0.476. The summed E-state index contributed by atoms with van der Waals surface area (Å²) in [7, 11) is 0. The maximum absolute atomic E-state index is 12.7. The van der Waals surface area contributed by atoms with Crippen LogP contribution in [0.4, 0.5) is 11.8 Å².